The number of hydrogen-bond donors (Lipinski definition) is 2. The highest BCUT2D eigenvalue weighted by Gasteiger charge is 2.30. The Labute approximate surface area is 144 Å². The van der Waals surface area contributed by atoms with E-state index >= 15 is 0 Å². The van der Waals surface area contributed by atoms with Gasteiger partial charge in [0, 0.05) is 17.7 Å². The number of amides is 1. The Balaban J connectivity index is 1.86. The third kappa shape index (κ3) is 3.34. The van der Waals surface area contributed by atoms with E-state index < -0.39 is 22.6 Å². The largest absolute Gasteiger partial charge is 0.416 e. The Morgan fingerprint density at radius 3 is 2.58 bits per heavy atom. The van der Waals surface area contributed by atoms with Gasteiger partial charge in [-0.2, -0.15) is 13.2 Å². The van der Waals surface area contributed by atoms with Crippen molar-refractivity contribution in [3.63, 3.8) is 0 Å². The van der Waals surface area contributed by atoms with Crippen molar-refractivity contribution in [1.29, 1.82) is 0 Å². The number of fused-ring (bicyclic) bond motifs is 1. The standard InChI is InChI=1S/C16H11F3N4O3/c1-8-6-10(23(25)26)3-4-11(8)14(24)22-15-20-12-5-2-9(16(17,18)19)7-13(12)21-15/h2-7H,1H3,(H2,20,21,22,24). The van der Waals surface area contributed by atoms with Crippen LogP contribution in [0.5, 0.6) is 0 Å². The lowest BCUT2D eigenvalue weighted by atomic mass is 10.1. The van der Waals surface area contributed by atoms with Gasteiger partial charge >= 0.3 is 6.18 Å². The molecular weight excluding hydrogens is 353 g/mol. The first-order valence-electron chi connectivity index (χ1n) is 7.28. The average Bonchev–Trinajstić information content (AvgIpc) is 2.94. The van der Waals surface area contributed by atoms with Gasteiger partial charge in [-0.25, -0.2) is 4.98 Å². The van der Waals surface area contributed by atoms with Crippen LogP contribution in [-0.4, -0.2) is 20.8 Å². The number of H-pyrrole nitrogens is 1. The molecule has 10 heteroatoms. The zero-order valence-electron chi connectivity index (χ0n) is 13.2. The second-order valence-electron chi connectivity index (χ2n) is 5.53. The number of alkyl halides is 3. The molecule has 0 aliphatic carbocycles. The van der Waals surface area contributed by atoms with E-state index in [1.807, 2.05) is 0 Å². The molecule has 0 aliphatic heterocycles. The van der Waals surface area contributed by atoms with Crippen LogP contribution in [0.4, 0.5) is 24.8 Å². The Hall–Kier alpha value is -3.43. The number of aromatic nitrogens is 2. The third-order valence-electron chi connectivity index (χ3n) is 3.71. The molecule has 0 saturated carbocycles. The molecule has 7 nitrogen and oxygen atoms in total. The van der Waals surface area contributed by atoms with Gasteiger partial charge in [0.1, 0.15) is 0 Å². The number of nitrogens with zero attached hydrogens (tertiary/aromatic N) is 2. The molecule has 0 unspecified atom stereocenters. The van der Waals surface area contributed by atoms with E-state index in [1.165, 1.54) is 31.2 Å². The summed E-state index contributed by atoms with van der Waals surface area (Å²) >= 11 is 0. The van der Waals surface area contributed by atoms with E-state index in [0.717, 1.165) is 12.1 Å². The lowest BCUT2D eigenvalue weighted by Gasteiger charge is -2.05. The molecule has 1 aromatic heterocycles. The minimum atomic E-state index is -4.49. The number of nitro benzene ring substituents is 1. The van der Waals surface area contributed by atoms with Crippen molar-refractivity contribution in [3.05, 3.63) is 63.2 Å². The van der Waals surface area contributed by atoms with Crippen molar-refractivity contribution >= 4 is 28.6 Å². The molecule has 1 amide bonds. The number of hydrogen-bond acceptors (Lipinski definition) is 4. The van der Waals surface area contributed by atoms with Gasteiger partial charge in [-0.1, -0.05) is 0 Å². The first kappa shape index (κ1) is 17.4. The van der Waals surface area contributed by atoms with Gasteiger partial charge in [-0.05, 0) is 36.8 Å². The fourth-order valence-corrected chi connectivity index (χ4v) is 2.44. The number of benzene rings is 2. The van der Waals surface area contributed by atoms with Gasteiger partial charge < -0.3 is 4.98 Å². The van der Waals surface area contributed by atoms with Crippen LogP contribution in [0.2, 0.25) is 0 Å². The predicted molar refractivity (Wildman–Crippen MR) is 86.9 cm³/mol. The Bertz CT molecular complexity index is 1030. The van der Waals surface area contributed by atoms with E-state index in [-0.39, 0.29) is 28.2 Å². The molecule has 0 spiro atoms. The van der Waals surface area contributed by atoms with Gasteiger partial charge in [-0.3, -0.25) is 20.2 Å². The maximum Gasteiger partial charge on any atom is 0.416 e. The SMILES string of the molecule is Cc1cc([N+](=O)[O-])ccc1C(=O)Nc1nc2ccc(C(F)(F)F)cc2[nH]1. The summed E-state index contributed by atoms with van der Waals surface area (Å²) in [5, 5.41) is 13.2. The number of carbonyl (C=O) groups excluding carboxylic acids is 1. The van der Waals surface area contributed by atoms with Gasteiger partial charge in [0.15, 0.2) is 0 Å². The van der Waals surface area contributed by atoms with Gasteiger partial charge in [-0.15, -0.1) is 0 Å². The monoisotopic (exact) mass is 364 g/mol. The highest BCUT2D eigenvalue weighted by molar-refractivity contribution is 6.05. The maximum absolute atomic E-state index is 12.7. The third-order valence-corrected chi connectivity index (χ3v) is 3.71. The maximum atomic E-state index is 12.7. The summed E-state index contributed by atoms with van der Waals surface area (Å²) in [5.41, 5.74) is -0.0383. The van der Waals surface area contributed by atoms with Crippen molar-refractivity contribution in [2.45, 2.75) is 13.1 Å². The molecule has 3 rings (SSSR count). The van der Waals surface area contributed by atoms with E-state index in [2.05, 4.69) is 15.3 Å². The highest BCUT2D eigenvalue weighted by Crippen LogP contribution is 2.31. The summed E-state index contributed by atoms with van der Waals surface area (Å²) in [5.74, 6) is -0.616. The minimum Gasteiger partial charge on any atom is -0.324 e. The second-order valence-corrected chi connectivity index (χ2v) is 5.53. The topological polar surface area (TPSA) is 101 Å². The van der Waals surface area contributed by atoms with Crippen molar-refractivity contribution in [1.82, 2.24) is 9.97 Å². The Morgan fingerprint density at radius 2 is 1.96 bits per heavy atom. The Kier molecular flexibility index (Phi) is 4.10. The van der Waals surface area contributed by atoms with E-state index in [4.69, 9.17) is 0 Å². The summed E-state index contributed by atoms with van der Waals surface area (Å²) in [6.07, 6.45) is -4.49. The first-order chi connectivity index (χ1) is 12.1. The van der Waals surface area contributed by atoms with Crippen LogP contribution in [-0.2, 0) is 6.18 Å². The minimum absolute atomic E-state index is 0.0259. The summed E-state index contributed by atoms with van der Waals surface area (Å²) in [4.78, 5) is 29.1. The van der Waals surface area contributed by atoms with Gasteiger partial charge in [0.05, 0.1) is 21.5 Å². The summed E-state index contributed by atoms with van der Waals surface area (Å²) in [6, 6.07) is 6.73. The highest BCUT2D eigenvalue weighted by atomic mass is 19.4. The second kappa shape index (κ2) is 6.14. The molecule has 2 N–H and O–H groups in total. The van der Waals surface area contributed by atoms with Crippen LogP contribution in [0.25, 0.3) is 11.0 Å². The number of imidazole rings is 1. The lowest BCUT2D eigenvalue weighted by molar-refractivity contribution is -0.384. The molecule has 0 radical (unpaired) electrons. The number of anilines is 1. The number of aromatic amines is 1. The predicted octanol–water partition coefficient (Wildman–Crippen LogP) is 4.05. The van der Waals surface area contributed by atoms with Crippen LogP contribution >= 0.6 is 0 Å². The lowest BCUT2D eigenvalue weighted by Crippen LogP contribution is -2.14. The Morgan fingerprint density at radius 1 is 1.23 bits per heavy atom. The number of carbonyl (C=O) groups is 1. The fourth-order valence-electron chi connectivity index (χ4n) is 2.44. The first-order valence-corrected chi connectivity index (χ1v) is 7.28. The molecule has 26 heavy (non-hydrogen) atoms. The summed E-state index contributed by atoms with van der Waals surface area (Å²) in [7, 11) is 0. The number of aryl methyl sites for hydroxylation is 1. The molecule has 3 aromatic rings. The molecule has 0 atom stereocenters. The number of non-ortho nitro benzene ring substituents is 1. The molecule has 1 heterocycles. The average molecular weight is 364 g/mol. The molecule has 0 saturated heterocycles. The molecule has 0 bridgehead atoms. The number of nitrogens with one attached hydrogen (secondary N) is 2. The van der Waals surface area contributed by atoms with Crippen molar-refractivity contribution < 1.29 is 22.9 Å². The zero-order chi connectivity index (χ0) is 19.1. The van der Waals surface area contributed by atoms with Crippen LogP contribution in [0.15, 0.2) is 36.4 Å². The molecule has 2 aromatic carbocycles. The fraction of sp³-hybridized carbons (Fsp3) is 0.125. The van der Waals surface area contributed by atoms with Gasteiger partial charge in [0.2, 0.25) is 5.95 Å². The van der Waals surface area contributed by atoms with Crippen LogP contribution in [0.3, 0.4) is 0 Å². The number of halogens is 3. The molecule has 0 aliphatic rings. The van der Waals surface area contributed by atoms with Crippen molar-refractivity contribution in [2.75, 3.05) is 5.32 Å². The quantitative estimate of drug-likeness (QED) is 0.541. The summed E-state index contributed by atoms with van der Waals surface area (Å²) < 4.78 is 38.2. The number of nitro groups is 1. The van der Waals surface area contributed by atoms with E-state index in [9.17, 15) is 28.1 Å². The van der Waals surface area contributed by atoms with Crippen molar-refractivity contribution in [2.24, 2.45) is 0 Å². The normalized spacial score (nSPS) is 11.5. The molecule has 134 valence electrons. The molecule has 0 fully saturated rings. The van der Waals surface area contributed by atoms with Crippen LogP contribution in [0, 0.1) is 17.0 Å². The van der Waals surface area contributed by atoms with E-state index in [1.54, 1.807) is 0 Å². The van der Waals surface area contributed by atoms with Gasteiger partial charge in [0.25, 0.3) is 11.6 Å². The van der Waals surface area contributed by atoms with Crippen LogP contribution < -0.4 is 5.32 Å². The smallest absolute Gasteiger partial charge is 0.324 e. The molecular formula is C16H11F3N4O3. The number of rotatable bonds is 3. The summed E-state index contributed by atoms with van der Waals surface area (Å²) in [6.45, 7) is 1.54. The zero-order valence-corrected chi connectivity index (χ0v) is 13.2. The van der Waals surface area contributed by atoms with Crippen LogP contribution in [0.1, 0.15) is 21.5 Å². The van der Waals surface area contributed by atoms with Crippen molar-refractivity contribution in [3.8, 4) is 0 Å². The van der Waals surface area contributed by atoms with E-state index in [0.29, 0.717) is 5.56 Å².